The third-order valence-corrected chi connectivity index (χ3v) is 3.03. The minimum absolute atomic E-state index is 0.103. The largest absolute Gasteiger partial charge is 0.354 e. The Morgan fingerprint density at radius 3 is 2.33 bits per heavy atom. The second kappa shape index (κ2) is 1.98. The minimum Gasteiger partial charge on any atom is -0.354 e. The molecule has 1 fully saturated rings. The summed E-state index contributed by atoms with van der Waals surface area (Å²) in [6, 6.07) is -0.132. The van der Waals surface area contributed by atoms with Crippen LogP contribution in [0.3, 0.4) is 0 Å². The Balaban J connectivity index is 2.35. The standard InChI is InChI=1S/C4H7NO3S/c6-3-5-4-1-9(7,8)2-4/h3-4H,1-2H2,(H,5,6). The van der Waals surface area contributed by atoms with Crippen LogP contribution in [0.4, 0.5) is 0 Å². The maximum Gasteiger partial charge on any atom is 0.207 e. The molecule has 1 aliphatic rings. The molecular weight excluding hydrogens is 142 g/mol. The van der Waals surface area contributed by atoms with Crippen LogP contribution in [0.25, 0.3) is 0 Å². The van der Waals surface area contributed by atoms with Crippen molar-refractivity contribution < 1.29 is 13.2 Å². The first-order valence-electron chi connectivity index (χ1n) is 2.54. The molecule has 0 aromatic heterocycles. The van der Waals surface area contributed by atoms with E-state index in [1.807, 2.05) is 0 Å². The first kappa shape index (κ1) is 6.54. The number of hydrogen-bond donors (Lipinski definition) is 1. The predicted molar refractivity (Wildman–Crippen MR) is 31.6 cm³/mol. The zero-order valence-electron chi connectivity index (χ0n) is 4.70. The van der Waals surface area contributed by atoms with Gasteiger partial charge in [-0.05, 0) is 0 Å². The van der Waals surface area contributed by atoms with Crippen LogP contribution in [0, 0.1) is 0 Å². The predicted octanol–water partition coefficient (Wildman–Crippen LogP) is -1.47. The van der Waals surface area contributed by atoms with Gasteiger partial charge >= 0.3 is 0 Å². The number of carbonyl (C=O) groups is 1. The molecule has 0 saturated carbocycles. The summed E-state index contributed by atoms with van der Waals surface area (Å²) in [4.78, 5) is 9.71. The van der Waals surface area contributed by atoms with Crippen LogP contribution in [0.5, 0.6) is 0 Å². The molecule has 1 N–H and O–H groups in total. The molecule has 5 heteroatoms. The Morgan fingerprint density at radius 2 is 2.00 bits per heavy atom. The summed E-state index contributed by atoms with van der Waals surface area (Å²) >= 11 is 0. The van der Waals surface area contributed by atoms with Gasteiger partial charge in [-0.1, -0.05) is 0 Å². The van der Waals surface area contributed by atoms with Gasteiger partial charge in [-0.2, -0.15) is 0 Å². The monoisotopic (exact) mass is 149 g/mol. The number of amides is 1. The molecule has 1 rings (SSSR count). The highest BCUT2D eigenvalue weighted by atomic mass is 32.2. The Bertz CT molecular complexity index is 196. The van der Waals surface area contributed by atoms with E-state index in [1.54, 1.807) is 0 Å². The van der Waals surface area contributed by atoms with Gasteiger partial charge in [-0.15, -0.1) is 0 Å². The molecule has 9 heavy (non-hydrogen) atoms. The average molecular weight is 149 g/mol. The Hall–Kier alpha value is -0.580. The molecule has 0 bridgehead atoms. The lowest BCUT2D eigenvalue weighted by Crippen LogP contribution is -2.50. The molecule has 1 heterocycles. The van der Waals surface area contributed by atoms with Crippen molar-refractivity contribution in [3.63, 3.8) is 0 Å². The van der Waals surface area contributed by atoms with Gasteiger partial charge in [0.2, 0.25) is 6.41 Å². The number of carbonyl (C=O) groups excluding carboxylic acids is 1. The first-order chi connectivity index (χ1) is 4.14. The summed E-state index contributed by atoms with van der Waals surface area (Å²) < 4.78 is 20.8. The van der Waals surface area contributed by atoms with Gasteiger partial charge in [0.25, 0.3) is 0 Å². The summed E-state index contributed by atoms with van der Waals surface area (Å²) in [6.45, 7) is 0. The second-order valence-corrected chi connectivity index (χ2v) is 4.21. The zero-order valence-corrected chi connectivity index (χ0v) is 5.52. The molecule has 0 spiro atoms. The van der Waals surface area contributed by atoms with E-state index in [9.17, 15) is 13.2 Å². The lowest BCUT2D eigenvalue weighted by molar-refractivity contribution is -0.109. The lowest BCUT2D eigenvalue weighted by Gasteiger charge is -2.24. The number of sulfone groups is 1. The molecule has 0 aromatic rings. The number of nitrogens with one attached hydrogen (secondary N) is 1. The molecule has 4 nitrogen and oxygen atoms in total. The van der Waals surface area contributed by atoms with Gasteiger partial charge in [-0.3, -0.25) is 4.79 Å². The third kappa shape index (κ3) is 1.41. The summed E-state index contributed by atoms with van der Waals surface area (Å²) in [7, 11) is -2.77. The average Bonchev–Trinajstić information content (AvgIpc) is 1.62. The summed E-state index contributed by atoms with van der Waals surface area (Å²) in [5, 5.41) is 2.38. The van der Waals surface area contributed by atoms with Crippen LogP contribution in [-0.2, 0) is 14.6 Å². The Kier molecular flexibility index (Phi) is 1.44. The van der Waals surface area contributed by atoms with E-state index < -0.39 is 9.84 Å². The quantitative estimate of drug-likeness (QED) is 0.487. The maximum atomic E-state index is 10.4. The van der Waals surface area contributed by atoms with Crippen LogP contribution < -0.4 is 5.32 Å². The van der Waals surface area contributed by atoms with Crippen molar-refractivity contribution >= 4 is 16.2 Å². The van der Waals surface area contributed by atoms with Crippen LogP contribution in [0.1, 0.15) is 0 Å². The van der Waals surface area contributed by atoms with Gasteiger partial charge < -0.3 is 5.32 Å². The fraction of sp³-hybridized carbons (Fsp3) is 0.750. The van der Waals surface area contributed by atoms with Gasteiger partial charge in [0.1, 0.15) is 0 Å². The minimum atomic E-state index is -2.77. The molecule has 0 unspecified atom stereocenters. The molecule has 0 aliphatic carbocycles. The van der Waals surface area contributed by atoms with E-state index in [4.69, 9.17) is 0 Å². The number of rotatable bonds is 2. The van der Waals surface area contributed by atoms with Gasteiger partial charge in [0, 0.05) is 0 Å². The highest BCUT2D eigenvalue weighted by Crippen LogP contribution is 2.08. The molecule has 0 atom stereocenters. The van der Waals surface area contributed by atoms with Crippen molar-refractivity contribution in [3.8, 4) is 0 Å². The first-order valence-corrected chi connectivity index (χ1v) is 4.36. The Labute approximate surface area is 53.2 Å². The second-order valence-electron chi connectivity index (χ2n) is 2.06. The van der Waals surface area contributed by atoms with Crippen molar-refractivity contribution in [2.45, 2.75) is 6.04 Å². The number of hydrogen-bond acceptors (Lipinski definition) is 3. The van der Waals surface area contributed by atoms with Gasteiger partial charge in [-0.25, -0.2) is 8.42 Å². The third-order valence-electron chi connectivity index (χ3n) is 1.21. The van der Waals surface area contributed by atoms with Crippen LogP contribution in [0.15, 0.2) is 0 Å². The highest BCUT2D eigenvalue weighted by molar-refractivity contribution is 7.92. The van der Waals surface area contributed by atoms with Gasteiger partial charge in [0.05, 0.1) is 17.5 Å². The highest BCUT2D eigenvalue weighted by Gasteiger charge is 2.32. The maximum absolute atomic E-state index is 10.4. The van der Waals surface area contributed by atoms with Crippen molar-refractivity contribution in [3.05, 3.63) is 0 Å². The smallest absolute Gasteiger partial charge is 0.207 e. The normalized spacial score (nSPS) is 24.4. The summed E-state index contributed by atoms with van der Waals surface area (Å²) in [5.41, 5.74) is 0. The van der Waals surface area contributed by atoms with E-state index in [2.05, 4.69) is 5.32 Å². The lowest BCUT2D eigenvalue weighted by atomic mass is 10.4. The van der Waals surface area contributed by atoms with Crippen LogP contribution in [-0.4, -0.2) is 32.4 Å². The molecule has 1 amide bonds. The van der Waals surface area contributed by atoms with E-state index in [1.165, 1.54) is 0 Å². The van der Waals surface area contributed by atoms with E-state index >= 15 is 0 Å². The molecule has 0 aromatic carbocycles. The molecule has 0 radical (unpaired) electrons. The van der Waals surface area contributed by atoms with Crippen molar-refractivity contribution in [2.75, 3.05) is 11.5 Å². The van der Waals surface area contributed by atoms with E-state index in [-0.39, 0.29) is 17.5 Å². The fourth-order valence-corrected chi connectivity index (χ4v) is 2.08. The molecule has 52 valence electrons. The zero-order chi connectivity index (χ0) is 6.91. The summed E-state index contributed by atoms with van der Waals surface area (Å²) in [5.74, 6) is 0.206. The van der Waals surface area contributed by atoms with Crippen molar-refractivity contribution in [2.24, 2.45) is 0 Å². The SMILES string of the molecule is O=CNC1CS(=O)(=O)C1. The molecular formula is C4H7NO3S. The summed E-state index contributed by atoms with van der Waals surface area (Å²) in [6.07, 6.45) is 0.527. The van der Waals surface area contributed by atoms with E-state index in [0.717, 1.165) is 0 Å². The van der Waals surface area contributed by atoms with Crippen LogP contribution in [0.2, 0.25) is 0 Å². The Morgan fingerprint density at radius 1 is 1.44 bits per heavy atom. The van der Waals surface area contributed by atoms with Gasteiger partial charge in [0.15, 0.2) is 9.84 Å². The van der Waals surface area contributed by atoms with Crippen molar-refractivity contribution in [1.82, 2.24) is 5.32 Å². The van der Waals surface area contributed by atoms with Crippen LogP contribution >= 0.6 is 0 Å². The van der Waals surface area contributed by atoms with Crippen molar-refractivity contribution in [1.29, 1.82) is 0 Å². The molecule has 1 saturated heterocycles. The topological polar surface area (TPSA) is 63.2 Å². The van der Waals surface area contributed by atoms with E-state index in [0.29, 0.717) is 6.41 Å². The fourth-order valence-electron chi connectivity index (χ4n) is 0.757. The molecule has 1 aliphatic heterocycles.